The fourth-order valence-corrected chi connectivity index (χ4v) is 3.09. The highest BCUT2D eigenvalue weighted by atomic mass is 35.5. The van der Waals surface area contributed by atoms with Gasteiger partial charge in [-0.15, -0.1) is 0 Å². The van der Waals surface area contributed by atoms with Gasteiger partial charge in [-0.2, -0.15) is 0 Å². The molecule has 3 rings (SSSR count). The maximum Gasteiger partial charge on any atom is 0.257 e. The summed E-state index contributed by atoms with van der Waals surface area (Å²) in [5.41, 5.74) is 7.35. The fourth-order valence-electron chi connectivity index (χ4n) is 2.91. The number of carbonyl (C=O) groups is 3. The smallest absolute Gasteiger partial charge is 0.257 e. The number of hydrogen-bond donors (Lipinski definition) is 3. The highest BCUT2D eigenvalue weighted by molar-refractivity contribution is 6.31. The van der Waals surface area contributed by atoms with E-state index in [1.807, 2.05) is 31.2 Å². The maximum atomic E-state index is 12.3. The van der Waals surface area contributed by atoms with Crippen molar-refractivity contribution in [3.63, 3.8) is 0 Å². The van der Waals surface area contributed by atoms with Crippen LogP contribution in [0.2, 0.25) is 5.02 Å². The van der Waals surface area contributed by atoms with E-state index in [4.69, 9.17) is 11.6 Å². The van der Waals surface area contributed by atoms with Crippen LogP contribution in [0.25, 0.3) is 0 Å². The molecule has 2 aromatic carbocycles. The number of benzene rings is 2. The molecule has 0 bridgehead atoms. The van der Waals surface area contributed by atoms with Crippen LogP contribution in [-0.4, -0.2) is 30.8 Å². The molecule has 1 unspecified atom stereocenters. The number of aryl methyl sites for hydroxylation is 1. The van der Waals surface area contributed by atoms with Crippen molar-refractivity contribution >= 4 is 40.7 Å². The lowest BCUT2D eigenvalue weighted by molar-refractivity contribution is -0.130. The van der Waals surface area contributed by atoms with Crippen LogP contribution in [0.4, 0.5) is 11.4 Å². The minimum atomic E-state index is -0.545. The summed E-state index contributed by atoms with van der Waals surface area (Å²) in [6, 6.07) is 14.5. The van der Waals surface area contributed by atoms with Crippen LogP contribution in [0.15, 0.2) is 48.5 Å². The number of hydrogen-bond acceptors (Lipinski definition) is 4. The number of anilines is 2. The van der Waals surface area contributed by atoms with Gasteiger partial charge in [0.1, 0.15) is 0 Å². The van der Waals surface area contributed by atoms with E-state index in [1.54, 1.807) is 24.3 Å². The maximum absolute atomic E-state index is 12.3. The molecular formula is C20H21ClN4O3. The summed E-state index contributed by atoms with van der Waals surface area (Å²) in [7, 11) is 0. The van der Waals surface area contributed by atoms with E-state index in [-0.39, 0.29) is 31.3 Å². The van der Waals surface area contributed by atoms with Gasteiger partial charge in [0.2, 0.25) is 11.8 Å². The van der Waals surface area contributed by atoms with Gasteiger partial charge >= 0.3 is 0 Å². The van der Waals surface area contributed by atoms with Crippen LogP contribution >= 0.6 is 11.6 Å². The predicted octanol–water partition coefficient (Wildman–Crippen LogP) is 2.26. The van der Waals surface area contributed by atoms with Crippen molar-refractivity contribution < 1.29 is 14.4 Å². The van der Waals surface area contributed by atoms with Gasteiger partial charge in [-0.25, -0.2) is 0 Å². The lowest BCUT2D eigenvalue weighted by atomic mass is 10.1. The minimum Gasteiger partial charge on any atom is -0.376 e. The zero-order chi connectivity index (χ0) is 20.1. The molecule has 1 aliphatic heterocycles. The third-order valence-electron chi connectivity index (χ3n) is 4.45. The summed E-state index contributed by atoms with van der Waals surface area (Å²) in [6.07, 6.45) is 0.0792. The zero-order valence-corrected chi connectivity index (χ0v) is 16.1. The number of hydrazine groups is 1. The molecule has 2 aromatic rings. The average Bonchev–Trinajstić information content (AvgIpc) is 3.07. The van der Waals surface area contributed by atoms with Gasteiger partial charge in [0.05, 0.1) is 12.5 Å². The van der Waals surface area contributed by atoms with Crippen molar-refractivity contribution in [1.82, 2.24) is 10.9 Å². The topological polar surface area (TPSA) is 90.5 Å². The molecular weight excluding hydrogens is 380 g/mol. The van der Waals surface area contributed by atoms with Crippen molar-refractivity contribution in [1.29, 1.82) is 0 Å². The Balaban J connectivity index is 1.46. The van der Waals surface area contributed by atoms with Gasteiger partial charge < -0.3 is 10.2 Å². The summed E-state index contributed by atoms with van der Waals surface area (Å²) in [5.74, 6) is -1.49. The monoisotopic (exact) mass is 400 g/mol. The molecule has 7 nitrogen and oxygen atoms in total. The Morgan fingerprint density at radius 1 is 1.14 bits per heavy atom. The van der Waals surface area contributed by atoms with Gasteiger partial charge in [0.25, 0.3) is 5.91 Å². The Hall–Kier alpha value is -3.06. The lowest BCUT2D eigenvalue weighted by Crippen LogP contribution is -2.47. The van der Waals surface area contributed by atoms with Gasteiger partial charge in [0.15, 0.2) is 0 Å². The first-order valence-electron chi connectivity index (χ1n) is 8.87. The molecule has 3 amide bonds. The summed E-state index contributed by atoms with van der Waals surface area (Å²) >= 11 is 5.97. The Labute approximate surface area is 168 Å². The van der Waals surface area contributed by atoms with Gasteiger partial charge in [-0.3, -0.25) is 25.2 Å². The van der Waals surface area contributed by atoms with E-state index in [0.717, 1.165) is 11.3 Å². The Bertz CT molecular complexity index is 885. The van der Waals surface area contributed by atoms with E-state index in [9.17, 15) is 14.4 Å². The molecule has 1 heterocycles. The van der Waals surface area contributed by atoms with Gasteiger partial charge in [-0.05, 0) is 37.3 Å². The minimum absolute atomic E-state index is 0.0155. The SMILES string of the molecule is Cc1ccc(NCC(=O)NNC(=O)C2CC(=O)N(c3cccc(Cl)c3)C2)cc1. The lowest BCUT2D eigenvalue weighted by Gasteiger charge is -2.17. The molecule has 28 heavy (non-hydrogen) atoms. The normalized spacial score (nSPS) is 16.0. The first-order valence-corrected chi connectivity index (χ1v) is 9.25. The summed E-state index contributed by atoms with van der Waals surface area (Å²) in [6.45, 7) is 2.23. The van der Waals surface area contributed by atoms with Crippen LogP contribution in [0.5, 0.6) is 0 Å². The van der Waals surface area contributed by atoms with Gasteiger partial charge in [-0.1, -0.05) is 35.4 Å². The Kier molecular flexibility index (Phi) is 6.16. The molecule has 0 aliphatic carbocycles. The molecule has 0 radical (unpaired) electrons. The number of nitrogens with one attached hydrogen (secondary N) is 3. The second kappa shape index (κ2) is 8.75. The largest absolute Gasteiger partial charge is 0.376 e. The molecule has 1 fully saturated rings. The standard InChI is InChI=1S/C20H21ClN4O3/c1-13-5-7-16(8-6-13)22-11-18(26)23-24-20(28)14-9-19(27)25(12-14)17-4-2-3-15(21)10-17/h2-8,10,14,22H,9,11-12H2,1H3,(H,23,26)(H,24,28). The highest BCUT2D eigenvalue weighted by Crippen LogP contribution is 2.27. The van der Waals surface area contributed by atoms with E-state index in [1.165, 1.54) is 4.90 Å². The number of rotatable bonds is 5. The molecule has 1 aliphatic rings. The van der Waals surface area contributed by atoms with E-state index in [2.05, 4.69) is 16.2 Å². The van der Waals surface area contributed by atoms with Crippen molar-refractivity contribution in [2.24, 2.45) is 5.92 Å². The number of carbonyl (C=O) groups excluding carboxylic acids is 3. The van der Waals surface area contributed by atoms with Crippen molar-refractivity contribution in [3.05, 3.63) is 59.1 Å². The van der Waals surface area contributed by atoms with Gasteiger partial charge in [0, 0.05) is 29.4 Å². The molecule has 1 atom stereocenters. The van der Waals surface area contributed by atoms with Crippen LogP contribution < -0.4 is 21.1 Å². The van der Waals surface area contributed by atoms with Crippen LogP contribution in [0.3, 0.4) is 0 Å². The number of halogens is 1. The summed E-state index contributed by atoms with van der Waals surface area (Å²) in [5, 5.41) is 3.49. The quantitative estimate of drug-likeness (QED) is 0.671. The Morgan fingerprint density at radius 2 is 1.89 bits per heavy atom. The van der Waals surface area contributed by atoms with E-state index >= 15 is 0 Å². The molecule has 0 saturated carbocycles. The average molecular weight is 401 g/mol. The van der Waals surface area contributed by atoms with Crippen molar-refractivity contribution in [3.8, 4) is 0 Å². The number of amides is 3. The molecule has 0 spiro atoms. The predicted molar refractivity (Wildman–Crippen MR) is 108 cm³/mol. The fraction of sp³-hybridized carbons (Fsp3) is 0.250. The Morgan fingerprint density at radius 3 is 2.61 bits per heavy atom. The summed E-state index contributed by atoms with van der Waals surface area (Å²) < 4.78 is 0. The third-order valence-corrected chi connectivity index (χ3v) is 4.68. The van der Waals surface area contributed by atoms with Crippen LogP contribution in [-0.2, 0) is 14.4 Å². The molecule has 0 aromatic heterocycles. The van der Waals surface area contributed by atoms with Crippen molar-refractivity contribution in [2.45, 2.75) is 13.3 Å². The first-order chi connectivity index (χ1) is 13.4. The van der Waals surface area contributed by atoms with E-state index < -0.39 is 11.8 Å². The van der Waals surface area contributed by atoms with Crippen LogP contribution in [0.1, 0.15) is 12.0 Å². The molecule has 1 saturated heterocycles. The second-order valence-electron chi connectivity index (χ2n) is 6.64. The third kappa shape index (κ3) is 5.01. The van der Waals surface area contributed by atoms with Crippen LogP contribution in [0, 0.1) is 12.8 Å². The van der Waals surface area contributed by atoms with E-state index in [0.29, 0.717) is 10.7 Å². The molecule has 8 heteroatoms. The molecule has 146 valence electrons. The second-order valence-corrected chi connectivity index (χ2v) is 7.08. The van der Waals surface area contributed by atoms with Crippen molar-refractivity contribution in [2.75, 3.05) is 23.3 Å². The highest BCUT2D eigenvalue weighted by Gasteiger charge is 2.35. The first kappa shape index (κ1) is 19.7. The number of nitrogens with zero attached hydrogens (tertiary/aromatic N) is 1. The zero-order valence-electron chi connectivity index (χ0n) is 15.4. The molecule has 3 N–H and O–H groups in total. The summed E-state index contributed by atoms with van der Waals surface area (Å²) in [4.78, 5) is 38.0.